The normalized spacial score (nSPS) is 10.8. The fourth-order valence-electron chi connectivity index (χ4n) is 2.52. The summed E-state index contributed by atoms with van der Waals surface area (Å²) in [7, 11) is 0. The Hall–Kier alpha value is -2.61. The van der Waals surface area contributed by atoms with Crippen LogP contribution in [0.25, 0.3) is 11.6 Å². The van der Waals surface area contributed by atoms with Gasteiger partial charge in [0.05, 0.1) is 0 Å². The highest BCUT2D eigenvalue weighted by Gasteiger charge is 2.13. The summed E-state index contributed by atoms with van der Waals surface area (Å²) in [6, 6.07) is 20.8. The first-order chi connectivity index (χ1) is 11.1. The zero-order valence-corrected chi connectivity index (χ0v) is 13.8. The van der Waals surface area contributed by atoms with Crippen LogP contribution in [-0.4, -0.2) is 4.98 Å². The molecule has 0 N–H and O–H groups in total. The molecule has 0 saturated heterocycles. The molecule has 116 valence electrons. The maximum atomic E-state index is 5.79. The number of benzene rings is 2. The standard InChI is InChI=1S/C21H21NO/c1-15(2)21-22-20(16(3)23-21)14-19(17-10-6-4-7-11-17)18-12-8-5-9-13-18/h4-15H,1-3H3. The van der Waals surface area contributed by atoms with Gasteiger partial charge < -0.3 is 4.42 Å². The molecular weight excluding hydrogens is 282 g/mol. The maximum absolute atomic E-state index is 5.79. The smallest absolute Gasteiger partial charge is 0.197 e. The molecular formula is C21H21NO. The van der Waals surface area contributed by atoms with Crippen LogP contribution in [0.5, 0.6) is 0 Å². The van der Waals surface area contributed by atoms with Gasteiger partial charge in [0.2, 0.25) is 0 Å². The molecule has 0 aliphatic rings. The second-order valence-corrected chi connectivity index (χ2v) is 5.94. The molecule has 23 heavy (non-hydrogen) atoms. The Morgan fingerprint density at radius 2 is 1.43 bits per heavy atom. The minimum Gasteiger partial charge on any atom is -0.445 e. The number of nitrogens with zero attached hydrogens (tertiary/aromatic N) is 1. The SMILES string of the molecule is Cc1oc(C(C)C)nc1C=C(c1ccccc1)c1ccccc1. The lowest BCUT2D eigenvalue weighted by Gasteiger charge is -2.08. The van der Waals surface area contributed by atoms with Crippen LogP contribution in [0.4, 0.5) is 0 Å². The lowest BCUT2D eigenvalue weighted by atomic mass is 9.97. The van der Waals surface area contributed by atoms with Gasteiger partial charge in [-0.15, -0.1) is 0 Å². The molecule has 0 saturated carbocycles. The van der Waals surface area contributed by atoms with Gasteiger partial charge in [0, 0.05) is 5.92 Å². The van der Waals surface area contributed by atoms with Crippen molar-refractivity contribution in [2.45, 2.75) is 26.7 Å². The first-order valence-corrected chi connectivity index (χ1v) is 7.95. The van der Waals surface area contributed by atoms with Gasteiger partial charge in [-0.2, -0.15) is 0 Å². The van der Waals surface area contributed by atoms with Crippen LogP contribution >= 0.6 is 0 Å². The Labute approximate surface area is 137 Å². The molecule has 0 unspecified atom stereocenters. The van der Waals surface area contributed by atoms with E-state index < -0.39 is 0 Å². The van der Waals surface area contributed by atoms with E-state index in [0.717, 1.165) is 22.9 Å². The van der Waals surface area contributed by atoms with Gasteiger partial charge in [-0.05, 0) is 29.7 Å². The predicted molar refractivity (Wildman–Crippen MR) is 95.2 cm³/mol. The minimum atomic E-state index is 0.285. The van der Waals surface area contributed by atoms with E-state index in [1.165, 1.54) is 11.1 Å². The Bertz CT molecular complexity index is 757. The second kappa shape index (κ2) is 6.66. The van der Waals surface area contributed by atoms with Crippen LogP contribution in [0.2, 0.25) is 0 Å². The van der Waals surface area contributed by atoms with Crippen LogP contribution in [0.15, 0.2) is 65.1 Å². The zero-order chi connectivity index (χ0) is 16.2. The van der Waals surface area contributed by atoms with Crippen molar-refractivity contribution in [1.29, 1.82) is 0 Å². The molecule has 0 atom stereocenters. The molecule has 0 aliphatic carbocycles. The van der Waals surface area contributed by atoms with E-state index in [9.17, 15) is 0 Å². The van der Waals surface area contributed by atoms with Gasteiger partial charge in [-0.3, -0.25) is 0 Å². The van der Waals surface area contributed by atoms with E-state index in [-0.39, 0.29) is 5.92 Å². The fourth-order valence-corrected chi connectivity index (χ4v) is 2.52. The van der Waals surface area contributed by atoms with E-state index in [2.05, 4.69) is 73.4 Å². The summed E-state index contributed by atoms with van der Waals surface area (Å²) in [5.74, 6) is 1.93. The summed E-state index contributed by atoms with van der Waals surface area (Å²) < 4.78 is 5.79. The Morgan fingerprint density at radius 3 is 1.87 bits per heavy atom. The first kappa shape index (κ1) is 15.3. The second-order valence-electron chi connectivity index (χ2n) is 5.94. The van der Waals surface area contributed by atoms with Crippen molar-refractivity contribution in [2.75, 3.05) is 0 Å². The molecule has 3 rings (SSSR count). The van der Waals surface area contributed by atoms with Gasteiger partial charge in [-0.1, -0.05) is 74.5 Å². The summed E-state index contributed by atoms with van der Waals surface area (Å²) in [6.45, 7) is 6.15. The third kappa shape index (κ3) is 3.42. The molecule has 0 fully saturated rings. The molecule has 0 amide bonds. The van der Waals surface area contributed by atoms with Gasteiger partial charge in [0.25, 0.3) is 0 Å². The third-order valence-electron chi connectivity index (χ3n) is 3.79. The minimum absolute atomic E-state index is 0.285. The quantitative estimate of drug-likeness (QED) is 0.618. The highest BCUT2D eigenvalue weighted by atomic mass is 16.4. The van der Waals surface area contributed by atoms with Crippen molar-refractivity contribution in [3.63, 3.8) is 0 Å². The van der Waals surface area contributed by atoms with Crippen molar-refractivity contribution >= 4 is 11.6 Å². The van der Waals surface area contributed by atoms with Crippen molar-refractivity contribution in [3.05, 3.63) is 89.1 Å². The van der Waals surface area contributed by atoms with Crippen molar-refractivity contribution in [3.8, 4) is 0 Å². The van der Waals surface area contributed by atoms with Crippen LogP contribution in [0.3, 0.4) is 0 Å². The third-order valence-corrected chi connectivity index (χ3v) is 3.79. The number of hydrogen-bond acceptors (Lipinski definition) is 2. The predicted octanol–water partition coefficient (Wildman–Crippen LogP) is 5.70. The van der Waals surface area contributed by atoms with Gasteiger partial charge in [-0.25, -0.2) is 4.98 Å². The van der Waals surface area contributed by atoms with Crippen LogP contribution in [-0.2, 0) is 0 Å². The Kier molecular flexibility index (Phi) is 4.42. The Balaban J connectivity index is 2.12. The largest absolute Gasteiger partial charge is 0.445 e. The molecule has 0 radical (unpaired) electrons. The summed E-state index contributed by atoms with van der Waals surface area (Å²) in [6.07, 6.45) is 2.12. The van der Waals surface area contributed by atoms with Crippen molar-refractivity contribution < 1.29 is 4.42 Å². The van der Waals surface area contributed by atoms with Crippen LogP contribution in [0, 0.1) is 6.92 Å². The van der Waals surface area contributed by atoms with Crippen molar-refractivity contribution in [2.24, 2.45) is 0 Å². The lowest BCUT2D eigenvalue weighted by Crippen LogP contribution is -1.90. The summed E-state index contributed by atoms with van der Waals surface area (Å²) in [4.78, 5) is 4.66. The first-order valence-electron chi connectivity index (χ1n) is 7.95. The number of oxazole rings is 1. The molecule has 2 heteroatoms. The van der Waals surface area contributed by atoms with E-state index >= 15 is 0 Å². The molecule has 0 spiro atoms. The van der Waals surface area contributed by atoms with Gasteiger partial charge in [0.1, 0.15) is 11.5 Å². The highest BCUT2D eigenvalue weighted by Crippen LogP contribution is 2.27. The highest BCUT2D eigenvalue weighted by molar-refractivity contribution is 5.91. The monoisotopic (exact) mass is 303 g/mol. The summed E-state index contributed by atoms with van der Waals surface area (Å²) >= 11 is 0. The number of aryl methyl sites for hydroxylation is 1. The van der Waals surface area contributed by atoms with Gasteiger partial charge in [0.15, 0.2) is 5.89 Å². The van der Waals surface area contributed by atoms with Crippen LogP contribution < -0.4 is 0 Å². The lowest BCUT2D eigenvalue weighted by molar-refractivity contribution is 0.450. The average molecular weight is 303 g/mol. The summed E-state index contributed by atoms with van der Waals surface area (Å²) in [5.41, 5.74) is 4.40. The topological polar surface area (TPSA) is 26.0 Å². The van der Waals surface area contributed by atoms with Gasteiger partial charge >= 0.3 is 0 Å². The number of hydrogen-bond donors (Lipinski definition) is 0. The van der Waals surface area contributed by atoms with E-state index in [4.69, 9.17) is 4.42 Å². The van der Waals surface area contributed by atoms with Crippen molar-refractivity contribution in [1.82, 2.24) is 4.98 Å². The van der Waals surface area contributed by atoms with E-state index in [1.54, 1.807) is 0 Å². The molecule has 0 aliphatic heterocycles. The molecule has 1 aromatic heterocycles. The summed E-state index contributed by atoms with van der Waals surface area (Å²) in [5, 5.41) is 0. The average Bonchev–Trinajstić information content (AvgIpc) is 2.95. The number of aromatic nitrogens is 1. The molecule has 2 aromatic carbocycles. The maximum Gasteiger partial charge on any atom is 0.197 e. The molecule has 2 nitrogen and oxygen atoms in total. The molecule has 0 bridgehead atoms. The number of rotatable bonds is 4. The molecule has 1 heterocycles. The zero-order valence-electron chi connectivity index (χ0n) is 13.8. The van der Waals surface area contributed by atoms with Crippen LogP contribution in [0.1, 0.15) is 48.2 Å². The fraction of sp³-hybridized carbons (Fsp3) is 0.190. The Morgan fingerprint density at radius 1 is 0.913 bits per heavy atom. The molecule has 3 aromatic rings. The van der Waals surface area contributed by atoms with E-state index in [0.29, 0.717) is 0 Å². The van der Waals surface area contributed by atoms with E-state index in [1.807, 2.05) is 19.1 Å².